The number of esters is 4. The van der Waals surface area contributed by atoms with Gasteiger partial charge in [0, 0.05) is 25.7 Å². The highest BCUT2D eigenvalue weighted by atomic mass is 31.2. The molecule has 0 heterocycles. The molecule has 0 radical (unpaired) electrons. The Morgan fingerprint density at radius 1 is 0.302 bits per heavy atom. The van der Waals surface area contributed by atoms with E-state index >= 15 is 0 Å². The molecule has 0 aliphatic rings. The Morgan fingerprint density at radius 2 is 0.531 bits per heavy atom. The second-order valence-corrected chi connectivity index (χ2v) is 31.4. The van der Waals surface area contributed by atoms with Crippen molar-refractivity contribution in [1.29, 1.82) is 0 Å². The topological polar surface area (TPSA) is 237 Å². The quantitative estimate of drug-likeness (QED) is 0.0222. The van der Waals surface area contributed by atoms with Crippen molar-refractivity contribution >= 4 is 39.5 Å². The van der Waals surface area contributed by atoms with Crippen LogP contribution in [0.3, 0.4) is 0 Å². The standard InChI is InChI=1S/C77H150O17P2/c1-7-10-12-14-16-18-20-31-35-43-49-55-61-76(81)93-72(65-87-74(79)59-53-47-41-34-29-19-17-15-13-11-8-2)67-91-95(83,84)89-63-71(78)64-90-96(85,86)92-68-73(66-88-75(80)60-54-48-42-38-37-40-46-52-58-70(6)9-3)94-77(82)62-56-50-44-36-32-28-26-24-22-21-23-25-27-30-33-39-45-51-57-69(4)5/h69-73,78H,7-68H2,1-6H3,(H,83,84)(H,85,86)/t70?,71-,72+,73+/m0/s1. The highest BCUT2D eigenvalue weighted by molar-refractivity contribution is 7.47. The normalized spacial score (nSPS) is 14.3. The Bertz CT molecular complexity index is 1860. The molecule has 19 heteroatoms. The summed E-state index contributed by atoms with van der Waals surface area (Å²) >= 11 is 0. The van der Waals surface area contributed by atoms with E-state index in [4.69, 9.17) is 37.0 Å². The first kappa shape index (κ1) is 94.1. The highest BCUT2D eigenvalue weighted by Gasteiger charge is 2.30. The van der Waals surface area contributed by atoms with Crippen molar-refractivity contribution in [2.75, 3.05) is 39.6 Å². The van der Waals surface area contributed by atoms with E-state index in [-0.39, 0.29) is 25.7 Å². The minimum absolute atomic E-state index is 0.108. The van der Waals surface area contributed by atoms with E-state index in [1.54, 1.807) is 0 Å². The van der Waals surface area contributed by atoms with Gasteiger partial charge < -0.3 is 33.8 Å². The zero-order valence-electron chi connectivity index (χ0n) is 62.7. The molecule has 0 aromatic carbocycles. The van der Waals surface area contributed by atoms with E-state index in [1.807, 2.05) is 0 Å². The van der Waals surface area contributed by atoms with E-state index in [1.165, 1.54) is 218 Å². The Morgan fingerprint density at radius 3 is 0.792 bits per heavy atom. The fourth-order valence-corrected chi connectivity index (χ4v) is 13.4. The van der Waals surface area contributed by atoms with Gasteiger partial charge in [0.2, 0.25) is 0 Å². The molecule has 0 rings (SSSR count). The van der Waals surface area contributed by atoms with Crippen LogP contribution in [0.5, 0.6) is 0 Å². The summed E-state index contributed by atoms with van der Waals surface area (Å²) in [6, 6.07) is 0. The van der Waals surface area contributed by atoms with Gasteiger partial charge in [-0.05, 0) is 37.5 Å². The van der Waals surface area contributed by atoms with Crippen molar-refractivity contribution in [3.05, 3.63) is 0 Å². The lowest BCUT2D eigenvalue weighted by molar-refractivity contribution is -0.161. The molecule has 0 aromatic heterocycles. The second-order valence-electron chi connectivity index (χ2n) is 28.5. The van der Waals surface area contributed by atoms with Crippen LogP contribution in [0.4, 0.5) is 0 Å². The van der Waals surface area contributed by atoms with Crippen molar-refractivity contribution in [2.24, 2.45) is 11.8 Å². The monoisotopic (exact) mass is 1410 g/mol. The number of carbonyl (C=O) groups excluding carboxylic acids is 4. The van der Waals surface area contributed by atoms with Crippen LogP contribution >= 0.6 is 15.6 Å². The molecule has 3 unspecified atom stereocenters. The fraction of sp³-hybridized carbons (Fsp3) is 0.948. The first-order chi connectivity index (χ1) is 46.4. The SMILES string of the molecule is CCCCCCCCCCCCCCC(=O)O[C@H](COC(=O)CCCCCCCCCCCCC)COP(=O)(O)OC[C@H](O)COP(=O)(O)OC[C@@H](COC(=O)CCCCCCCCCCC(C)CC)OC(=O)CCCCCCCCCCCCCCCCCCCCC(C)C. The highest BCUT2D eigenvalue weighted by Crippen LogP contribution is 2.45. The molecule has 96 heavy (non-hydrogen) atoms. The van der Waals surface area contributed by atoms with Gasteiger partial charge in [0.15, 0.2) is 12.2 Å². The molecule has 570 valence electrons. The molecule has 0 saturated carbocycles. The summed E-state index contributed by atoms with van der Waals surface area (Å²) in [6.07, 6.45) is 56.8. The first-order valence-corrected chi connectivity index (χ1v) is 43.0. The zero-order valence-corrected chi connectivity index (χ0v) is 64.5. The lowest BCUT2D eigenvalue weighted by Crippen LogP contribution is -2.30. The van der Waals surface area contributed by atoms with Gasteiger partial charge in [-0.2, -0.15) is 0 Å². The van der Waals surface area contributed by atoms with E-state index in [9.17, 15) is 43.2 Å². The zero-order chi connectivity index (χ0) is 70.7. The minimum Gasteiger partial charge on any atom is -0.462 e. The summed E-state index contributed by atoms with van der Waals surface area (Å²) < 4.78 is 68.5. The number of ether oxygens (including phenoxy) is 4. The summed E-state index contributed by atoms with van der Waals surface area (Å²) in [5.74, 6) is -0.516. The van der Waals surface area contributed by atoms with Crippen molar-refractivity contribution < 1.29 is 80.2 Å². The minimum atomic E-state index is -4.96. The molecule has 0 amide bonds. The number of unbranched alkanes of at least 4 members (excludes halogenated alkanes) is 45. The van der Waals surface area contributed by atoms with Gasteiger partial charge in [-0.1, -0.05) is 350 Å². The summed E-state index contributed by atoms with van der Waals surface area (Å²) in [7, 11) is -9.91. The molecule has 3 N–H and O–H groups in total. The predicted octanol–water partition coefficient (Wildman–Crippen LogP) is 22.7. The smallest absolute Gasteiger partial charge is 0.462 e. The average Bonchev–Trinajstić information content (AvgIpc) is 1.72. The van der Waals surface area contributed by atoms with Gasteiger partial charge in [-0.15, -0.1) is 0 Å². The molecule has 0 fully saturated rings. The van der Waals surface area contributed by atoms with Gasteiger partial charge in [0.1, 0.15) is 19.3 Å². The first-order valence-electron chi connectivity index (χ1n) is 40.0. The molecule has 17 nitrogen and oxygen atoms in total. The Labute approximate surface area is 588 Å². The maximum absolute atomic E-state index is 13.1. The molecular formula is C77H150O17P2. The molecule has 0 bridgehead atoms. The molecule has 0 saturated heterocycles. The fourth-order valence-electron chi connectivity index (χ4n) is 11.8. The van der Waals surface area contributed by atoms with Gasteiger partial charge in [0.05, 0.1) is 26.4 Å². The number of carbonyl (C=O) groups is 4. The van der Waals surface area contributed by atoms with Crippen LogP contribution < -0.4 is 0 Å². The lowest BCUT2D eigenvalue weighted by atomic mass is 9.99. The van der Waals surface area contributed by atoms with Crippen LogP contribution in [-0.4, -0.2) is 96.7 Å². The lowest BCUT2D eigenvalue weighted by Gasteiger charge is -2.21. The average molecular weight is 1410 g/mol. The summed E-state index contributed by atoms with van der Waals surface area (Å²) in [5.41, 5.74) is 0. The number of aliphatic hydroxyl groups excluding tert-OH is 1. The molecule has 0 aliphatic heterocycles. The Balaban J connectivity index is 5.20. The summed E-state index contributed by atoms with van der Waals surface area (Å²) in [4.78, 5) is 72.8. The maximum Gasteiger partial charge on any atom is 0.472 e. The third-order valence-corrected chi connectivity index (χ3v) is 20.2. The van der Waals surface area contributed by atoms with Crippen molar-refractivity contribution in [3.63, 3.8) is 0 Å². The van der Waals surface area contributed by atoms with Crippen LogP contribution in [-0.2, 0) is 65.4 Å². The van der Waals surface area contributed by atoms with Gasteiger partial charge in [0.25, 0.3) is 0 Å². The summed E-state index contributed by atoms with van der Waals surface area (Å²) in [5, 5.41) is 10.6. The van der Waals surface area contributed by atoms with Crippen molar-refractivity contribution in [3.8, 4) is 0 Å². The van der Waals surface area contributed by atoms with Crippen molar-refractivity contribution in [2.45, 2.75) is 419 Å². The third kappa shape index (κ3) is 69.2. The van der Waals surface area contributed by atoms with Gasteiger partial charge >= 0.3 is 39.5 Å². The van der Waals surface area contributed by atoms with E-state index in [0.717, 1.165) is 102 Å². The summed E-state index contributed by atoms with van der Waals surface area (Å²) in [6.45, 7) is 9.64. The van der Waals surface area contributed by atoms with Gasteiger partial charge in [-0.25, -0.2) is 9.13 Å². The largest absolute Gasteiger partial charge is 0.472 e. The number of phosphoric acid groups is 2. The van der Waals surface area contributed by atoms with Crippen LogP contribution in [0.1, 0.15) is 401 Å². The number of hydrogen-bond acceptors (Lipinski definition) is 15. The molecule has 0 aliphatic carbocycles. The third-order valence-electron chi connectivity index (χ3n) is 18.3. The van der Waals surface area contributed by atoms with Crippen LogP contribution in [0, 0.1) is 11.8 Å². The van der Waals surface area contributed by atoms with E-state index in [2.05, 4.69) is 41.5 Å². The van der Waals surface area contributed by atoms with Gasteiger partial charge in [-0.3, -0.25) is 37.3 Å². The number of aliphatic hydroxyl groups is 1. The van der Waals surface area contributed by atoms with E-state index < -0.39 is 97.5 Å². The number of rotatable bonds is 76. The Hall–Kier alpha value is -1.94. The molecule has 0 aromatic rings. The molecule has 0 spiro atoms. The van der Waals surface area contributed by atoms with Crippen LogP contribution in [0.25, 0.3) is 0 Å². The Kier molecular flexibility index (Phi) is 67.4. The molecule has 6 atom stereocenters. The number of hydrogen-bond donors (Lipinski definition) is 3. The van der Waals surface area contributed by atoms with Crippen LogP contribution in [0.2, 0.25) is 0 Å². The predicted molar refractivity (Wildman–Crippen MR) is 391 cm³/mol. The number of phosphoric ester groups is 2. The maximum atomic E-state index is 13.1. The second kappa shape index (κ2) is 68.8. The van der Waals surface area contributed by atoms with Crippen LogP contribution in [0.15, 0.2) is 0 Å². The van der Waals surface area contributed by atoms with E-state index in [0.29, 0.717) is 25.7 Å². The molecular weight excluding hydrogens is 1260 g/mol. The van der Waals surface area contributed by atoms with Crippen molar-refractivity contribution in [1.82, 2.24) is 0 Å².